The summed E-state index contributed by atoms with van der Waals surface area (Å²) in [6, 6.07) is 8.69. The molecule has 0 amide bonds. The fourth-order valence-electron chi connectivity index (χ4n) is 3.80. The van der Waals surface area contributed by atoms with Crippen LogP contribution in [0, 0.1) is 25.7 Å². The second-order valence-corrected chi connectivity index (χ2v) is 8.90. The first-order chi connectivity index (χ1) is 15.0. The molecular formula is C24H23N5OS. The smallest absolute Gasteiger partial charge is 0.167 e. The van der Waals surface area contributed by atoms with Gasteiger partial charge in [-0.05, 0) is 38.3 Å². The van der Waals surface area contributed by atoms with Crippen LogP contribution < -0.4 is 0 Å². The largest absolute Gasteiger partial charge is 0.366 e. The Balaban J connectivity index is 1.66. The molecule has 0 radical (unpaired) electrons. The Morgan fingerprint density at radius 1 is 1.16 bits per heavy atom. The molecule has 0 aliphatic carbocycles. The monoisotopic (exact) mass is 429 g/mol. The zero-order chi connectivity index (χ0) is 21.5. The Bertz CT molecular complexity index is 1320. The van der Waals surface area contributed by atoms with Gasteiger partial charge in [0, 0.05) is 18.8 Å². The first-order valence-corrected chi connectivity index (χ1v) is 11.1. The average molecular weight is 430 g/mol. The Kier molecular flexibility index (Phi) is 4.97. The summed E-state index contributed by atoms with van der Waals surface area (Å²) in [6.07, 6.45) is 4.41. The minimum Gasteiger partial charge on any atom is -0.366 e. The second kappa shape index (κ2) is 7.80. The van der Waals surface area contributed by atoms with E-state index < -0.39 is 0 Å². The van der Waals surface area contributed by atoms with Crippen LogP contribution in [0.5, 0.6) is 0 Å². The molecule has 0 N–H and O–H groups in total. The number of rotatable bonds is 2. The van der Waals surface area contributed by atoms with E-state index >= 15 is 0 Å². The number of hydrogen-bond acceptors (Lipinski definition) is 5. The fraction of sp³-hybridized carbons (Fsp3) is 0.292. The minimum absolute atomic E-state index is 0.113. The lowest BCUT2D eigenvalue weighted by molar-refractivity contribution is 0.0493. The van der Waals surface area contributed by atoms with Gasteiger partial charge in [0.05, 0.1) is 23.2 Å². The van der Waals surface area contributed by atoms with Crippen LogP contribution in [-0.4, -0.2) is 24.5 Å². The van der Waals surface area contributed by atoms with Crippen LogP contribution in [0.1, 0.15) is 57.4 Å². The maximum atomic E-state index is 6.17. The van der Waals surface area contributed by atoms with Crippen LogP contribution in [0.3, 0.4) is 0 Å². The summed E-state index contributed by atoms with van der Waals surface area (Å²) in [5.41, 5.74) is 5.81. The summed E-state index contributed by atoms with van der Waals surface area (Å²) < 4.78 is 10.1. The summed E-state index contributed by atoms with van der Waals surface area (Å²) in [7, 11) is 1.90. The summed E-state index contributed by atoms with van der Waals surface area (Å²) in [4.78, 5) is 1.05. The zero-order valence-corrected chi connectivity index (χ0v) is 18.8. The third-order valence-corrected chi connectivity index (χ3v) is 6.69. The van der Waals surface area contributed by atoms with Gasteiger partial charge in [-0.3, -0.25) is 9.25 Å². The molecular weight excluding hydrogens is 406 g/mol. The van der Waals surface area contributed by atoms with Gasteiger partial charge in [0.25, 0.3) is 0 Å². The number of benzene rings is 1. The lowest BCUT2D eigenvalue weighted by Gasteiger charge is -2.09. The number of aryl methyl sites for hydroxylation is 3. The van der Waals surface area contributed by atoms with Gasteiger partial charge in [-0.1, -0.05) is 41.7 Å². The van der Waals surface area contributed by atoms with Crippen molar-refractivity contribution in [2.75, 3.05) is 0 Å². The molecule has 0 fully saturated rings. The predicted molar refractivity (Wildman–Crippen MR) is 120 cm³/mol. The summed E-state index contributed by atoms with van der Waals surface area (Å²) in [5, 5.41) is 14.0. The van der Waals surface area contributed by atoms with E-state index in [2.05, 4.69) is 62.9 Å². The molecule has 156 valence electrons. The van der Waals surface area contributed by atoms with Crippen LogP contribution in [0.2, 0.25) is 0 Å². The third-order valence-electron chi connectivity index (χ3n) is 5.52. The van der Waals surface area contributed by atoms with E-state index in [1.54, 1.807) is 22.2 Å². The Morgan fingerprint density at radius 3 is 2.71 bits per heavy atom. The van der Waals surface area contributed by atoms with Crippen molar-refractivity contribution in [2.24, 2.45) is 7.05 Å². The topological polar surface area (TPSA) is 57.8 Å². The molecule has 5 rings (SSSR count). The van der Waals surface area contributed by atoms with Crippen LogP contribution >= 0.6 is 11.3 Å². The molecule has 0 spiro atoms. The number of aromatic nitrogens is 5. The quantitative estimate of drug-likeness (QED) is 0.447. The number of hydrogen-bond donors (Lipinski definition) is 0. The lowest BCUT2D eigenvalue weighted by atomic mass is 10.0. The number of ether oxygens (including phenoxy) is 1. The van der Waals surface area contributed by atoms with E-state index in [0.29, 0.717) is 6.61 Å². The molecule has 7 heteroatoms. The third kappa shape index (κ3) is 3.69. The van der Waals surface area contributed by atoms with Crippen LogP contribution in [0.4, 0.5) is 0 Å². The molecule has 0 unspecified atom stereocenters. The molecule has 0 saturated carbocycles. The standard InChI is InChI=1S/C24H23N5OS/c1-15-5-7-18(8-6-15)11-20-21-14-30-16(2)23-27-26-17(3)29(23)24(21)31-22(20)10-9-19-12-25-28(4)13-19/h5-8,12-13,16H,11,14H2,1-4H3/t16-/m0/s1. The second-order valence-electron chi connectivity index (χ2n) is 7.90. The lowest BCUT2D eigenvalue weighted by Crippen LogP contribution is -2.04. The Morgan fingerprint density at radius 2 is 1.97 bits per heavy atom. The zero-order valence-electron chi connectivity index (χ0n) is 18.0. The predicted octanol–water partition coefficient (Wildman–Crippen LogP) is 4.26. The van der Waals surface area contributed by atoms with Gasteiger partial charge in [0.2, 0.25) is 0 Å². The fourth-order valence-corrected chi connectivity index (χ4v) is 5.04. The summed E-state index contributed by atoms with van der Waals surface area (Å²) >= 11 is 1.69. The SMILES string of the molecule is Cc1ccc(Cc2c(C#Cc3cnn(C)c3)sc3c2CO[C@@H](C)c2nnc(C)n2-3)cc1. The molecule has 0 saturated heterocycles. The van der Waals surface area contributed by atoms with Crippen molar-refractivity contribution in [3.8, 4) is 16.8 Å². The molecule has 1 aromatic carbocycles. The van der Waals surface area contributed by atoms with Gasteiger partial charge >= 0.3 is 0 Å². The number of nitrogens with zero attached hydrogens (tertiary/aromatic N) is 5. The molecule has 4 aromatic rings. The van der Waals surface area contributed by atoms with Gasteiger partial charge < -0.3 is 4.74 Å². The van der Waals surface area contributed by atoms with Gasteiger partial charge in [-0.25, -0.2) is 0 Å². The van der Waals surface area contributed by atoms with E-state index in [-0.39, 0.29) is 6.10 Å². The maximum absolute atomic E-state index is 6.17. The molecule has 1 aliphatic heterocycles. The van der Waals surface area contributed by atoms with Gasteiger partial charge in [0.1, 0.15) is 16.9 Å². The molecule has 31 heavy (non-hydrogen) atoms. The number of thiophene rings is 1. The first-order valence-electron chi connectivity index (χ1n) is 10.2. The molecule has 3 aromatic heterocycles. The van der Waals surface area contributed by atoms with Crippen molar-refractivity contribution in [1.29, 1.82) is 0 Å². The van der Waals surface area contributed by atoms with Crippen LogP contribution in [0.15, 0.2) is 36.7 Å². The minimum atomic E-state index is -0.113. The van der Waals surface area contributed by atoms with E-state index in [0.717, 1.165) is 33.5 Å². The van der Waals surface area contributed by atoms with Crippen molar-refractivity contribution in [3.05, 3.63) is 81.0 Å². The highest BCUT2D eigenvalue weighted by Crippen LogP contribution is 2.39. The van der Waals surface area contributed by atoms with Crippen LogP contribution in [0.25, 0.3) is 5.00 Å². The molecule has 6 nitrogen and oxygen atoms in total. The average Bonchev–Trinajstić information content (AvgIpc) is 3.41. The highest BCUT2D eigenvalue weighted by atomic mass is 32.1. The van der Waals surface area contributed by atoms with E-state index in [9.17, 15) is 0 Å². The highest BCUT2D eigenvalue weighted by molar-refractivity contribution is 7.15. The van der Waals surface area contributed by atoms with E-state index in [1.807, 2.05) is 27.1 Å². The van der Waals surface area contributed by atoms with E-state index in [1.165, 1.54) is 22.3 Å². The molecule has 0 bridgehead atoms. The van der Waals surface area contributed by atoms with E-state index in [4.69, 9.17) is 4.74 Å². The summed E-state index contributed by atoms with van der Waals surface area (Å²) in [6.45, 7) is 6.65. The normalized spacial score (nSPS) is 15.0. The van der Waals surface area contributed by atoms with Crippen LogP contribution in [-0.2, 0) is 24.8 Å². The number of fused-ring (bicyclic) bond motifs is 3. The van der Waals surface area contributed by atoms with Crippen molar-refractivity contribution >= 4 is 11.3 Å². The molecule has 1 atom stereocenters. The Labute approximate surface area is 185 Å². The van der Waals surface area contributed by atoms with Crippen molar-refractivity contribution in [1.82, 2.24) is 24.5 Å². The first kappa shape index (κ1) is 19.7. The van der Waals surface area contributed by atoms with Gasteiger partial charge in [-0.15, -0.1) is 21.5 Å². The maximum Gasteiger partial charge on any atom is 0.167 e. The van der Waals surface area contributed by atoms with Crippen molar-refractivity contribution in [2.45, 2.75) is 39.9 Å². The molecule has 4 heterocycles. The molecule has 1 aliphatic rings. The Hall–Kier alpha value is -3.21. The van der Waals surface area contributed by atoms with Crippen molar-refractivity contribution < 1.29 is 4.74 Å². The van der Waals surface area contributed by atoms with Gasteiger partial charge in [0.15, 0.2) is 5.82 Å². The highest BCUT2D eigenvalue weighted by Gasteiger charge is 2.28. The van der Waals surface area contributed by atoms with Gasteiger partial charge in [-0.2, -0.15) is 5.10 Å². The summed E-state index contributed by atoms with van der Waals surface area (Å²) in [5.74, 6) is 8.39. The van der Waals surface area contributed by atoms with Crippen molar-refractivity contribution in [3.63, 3.8) is 0 Å².